The molecule has 2 aromatic carbocycles. The number of rotatable bonds is 5. The zero-order valence-corrected chi connectivity index (χ0v) is 11.7. The number of fused-ring (bicyclic) bond motifs is 1. The Morgan fingerprint density at radius 1 is 1.10 bits per heavy atom. The molecule has 0 radical (unpaired) electrons. The van der Waals surface area contributed by atoms with E-state index in [0.29, 0.717) is 18.0 Å². The topological polar surface area (TPSA) is 57.6 Å². The van der Waals surface area contributed by atoms with Crippen LogP contribution in [0.1, 0.15) is 23.2 Å². The highest BCUT2D eigenvalue weighted by Gasteiger charge is 2.28. The van der Waals surface area contributed by atoms with Crippen LogP contribution < -0.4 is 0 Å². The predicted molar refractivity (Wildman–Crippen MR) is 80.2 cm³/mol. The third kappa shape index (κ3) is 3.05. The van der Waals surface area contributed by atoms with E-state index < -0.39 is 5.97 Å². The van der Waals surface area contributed by atoms with Crippen molar-refractivity contribution in [3.05, 3.63) is 48.0 Å². The van der Waals surface area contributed by atoms with Crippen molar-refractivity contribution in [2.24, 2.45) is 5.92 Å². The summed E-state index contributed by atoms with van der Waals surface area (Å²) in [6, 6.07) is 13.2. The molecule has 4 nitrogen and oxygen atoms in total. The number of carboxylic acids is 1. The Balaban J connectivity index is 1.94. The first-order valence-corrected chi connectivity index (χ1v) is 7.14. The van der Waals surface area contributed by atoms with Gasteiger partial charge in [-0.1, -0.05) is 36.4 Å². The third-order valence-corrected chi connectivity index (χ3v) is 3.81. The summed E-state index contributed by atoms with van der Waals surface area (Å²) in [6.07, 6.45) is 2.16. The molecular weight excluding hydrogens is 266 g/mol. The molecule has 108 valence electrons. The summed E-state index contributed by atoms with van der Waals surface area (Å²) in [5.74, 6) is -0.700. The van der Waals surface area contributed by atoms with Crippen molar-refractivity contribution in [2.45, 2.75) is 12.8 Å². The van der Waals surface area contributed by atoms with Crippen molar-refractivity contribution < 1.29 is 14.7 Å². The van der Waals surface area contributed by atoms with E-state index in [2.05, 4.69) is 0 Å². The van der Waals surface area contributed by atoms with Crippen LogP contribution in [0.3, 0.4) is 0 Å². The molecule has 0 aliphatic heterocycles. The number of hydrogen-bond acceptors (Lipinski definition) is 2. The highest BCUT2D eigenvalue weighted by atomic mass is 16.4. The number of nitrogens with zero attached hydrogens (tertiary/aromatic N) is 1. The van der Waals surface area contributed by atoms with E-state index in [9.17, 15) is 9.59 Å². The fraction of sp³-hybridized carbons (Fsp3) is 0.294. The monoisotopic (exact) mass is 283 g/mol. The summed E-state index contributed by atoms with van der Waals surface area (Å²) >= 11 is 0. The SMILES string of the molecule is O=C(O)CN(CC1CC1)C(=O)c1cccc2ccccc12. The summed E-state index contributed by atoms with van der Waals surface area (Å²) in [5, 5.41) is 10.9. The molecule has 1 aliphatic carbocycles. The molecule has 1 saturated carbocycles. The lowest BCUT2D eigenvalue weighted by atomic mass is 10.0. The van der Waals surface area contributed by atoms with E-state index in [0.717, 1.165) is 23.6 Å². The molecule has 0 heterocycles. The summed E-state index contributed by atoms with van der Waals surface area (Å²) in [5.41, 5.74) is 0.579. The van der Waals surface area contributed by atoms with Crippen LogP contribution in [0, 0.1) is 5.92 Å². The largest absolute Gasteiger partial charge is 0.480 e. The number of aliphatic carboxylic acids is 1. The van der Waals surface area contributed by atoms with Crippen LogP contribution in [-0.2, 0) is 4.79 Å². The van der Waals surface area contributed by atoms with E-state index in [1.807, 2.05) is 36.4 Å². The highest BCUT2D eigenvalue weighted by molar-refractivity contribution is 6.07. The van der Waals surface area contributed by atoms with E-state index in [1.165, 1.54) is 4.90 Å². The maximum atomic E-state index is 12.7. The van der Waals surface area contributed by atoms with E-state index >= 15 is 0 Å². The van der Waals surface area contributed by atoms with Gasteiger partial charge in [-0.3, -0.25) is 9.59 Å². The molecule has 1 fully saturated rings. The number of carbonyl (C=O) groups is 2. The molecule has 3 rings (SSSR count). The number of carboxylic acid groups (broad SMARTS) is 1. The maximum Gasteiger partial charge on any atom is 0.323 e. The molecule has 1 aliphatic rings. The number of benzene rings is 2. The number of carbonyl (C=O) groups excluding carboxylic acids is 1. The van der Waals surface area contributed by atoms with Gasteiger partial charge in [-0.05, 0) is 35.6 Å². The molecule has 0 aromatic heterocycles. The Bertz CT molecular complexity index is 686. The van der Waals surface area contributed by atoms with Crippen molar-refractivity contribution in [3.8, 4) is 0 Å². The maximum absolute atomic E-state index is 12.7. The van der Waals surface area contributed by atoms with Crippen molar-refractivity contribution in [1.29, 1.82) is 0 Å². The Hall–Kier alpha value is -2.36. The number of hydrogen-bond donors (Lipinski definition) is 1. The second-order valence-corrected chi connectivity index (χ2v) is 5.55. The van der Waals surface area contributed by atoms with Gasteiger partial charge in [-0.2, -0.15) is 0 Å². The quantitative estimate of drug-likeness (QED) is 0.918. The van der Waals surface area contributed by atoms with Crippen LogP contribution in [0.5, 0.6) is 0 Å². The van der Waals surface area contributed by atoms with Gasteiger partial charge in [0.1, 0.15) is 6.54 Å². The fourth-order valence-corrected chi connectivity index (χ4v) is 2.58. The third-order valence-electron chi connectivity index (χ3n) is 3.81. The molecule has 1 N–H and O–H groups in total. The molecular formula is C17H17NO3. The second kappa shape index (κ2) is 5.56. The first-order valence-electron chi connectivity index (χ1n) is 7.14. The molecule has 0 atom stereocenters. The van der Waals surface area contributed by atoms with E-state index in [4.69, 9.17) is 5.11 Å². The highest BCUT2D eigenvalue weighted by Crippen LogP contribution is 2.30. The fourth-order valence-electron chi connectivity index (χ4n) is 2.58. The van der Waals surface area contributed by atoms with Crippen molar-refractivity contribution in [3.63, 3.8) is 0 Å². The van der Waals surface area contributed by atoms with E-state index in [1.54, 1.807) is 6.07 Å². The van der Waals surface area contributed by atoms with Crippen LogP contribution in [0.2, 0.25) is 0 Å². The smallest absolute Gasteiger partial charge is 0.323 e. The molecule has 0 unspecified atom stereocenters. The molecule has 0 spiro atoms. The summed E-state index contributed by atoms with van der Waals surface area (Å²) < 4.78 is 0. The molecule has 0 bridgehead atoms. The molecule has 2 aromatic rings. The molecule has 1 amide bonds. The van der Waals surface area contributed by atoms with Crippen LogP contribution in [0.15, 0.2) is 42.5 Å². The molecule has 4 heteroatoms. The zero-order chi connectivity index (χ0) is 14.8. The average Bonchev–Trinajstić information content (AvgIpc) is 3.29. The Morgan fingerprint density at radius 3 is 2.52 bits per heavy atom. The lowest BCUT2D eigenvalue weighted by molar-refractivity contribution is -0.137. The van der Waals surface area contributed by atoms with Gasteiger partial charge < -0.3 is 10.0 Å². The Labute approximate surface area is 123 Å². The van der Waals surface area contributed by atoms with Crippen LogP contribution >= 0.6 is 0 Å². The first kappa shape index (κ1) is 13.6. The van der Waals surface area contributed by atoms with Gasteiger partial charge >= 0.3 is 5.97 Å². The minimum atomic E-state index is -0.968. The Kier molecular flexibility index (Phi) is 3.60. The van der Waals surface area contributed by atoms with E-state index in [-0.39, 0.29) is 12.5 Å². The number of amides is 1. The normalized spacial score (nSPS) is 14.1. The summed E-state index contributed by atoms with van der Waals surface area (Å²) in [7, 11) is 0. The van der Waals surface area contributed by atoms with Gasteiger partial charge in [0.25, 0.3) is 5.91 Å². The first-order chi connectivity index (χ1) is 10.1. The zero-order valence-electron chi connectivity index (χ0n) is 11.7. The summed E-state index contributed by atoms with van der Waals surface area (Å²) in [4.78, 5) is 25.2. The van der Waals surface area contributed by atoms with Crippen LogP contribution in [0.4, 0.5) is 0 Å². The van der Waals surface area contributed by atoms with Gasteiger partial charge in [0.05, 0.1) is 0 Å². The van der Waals surface area contributed by atoms with Crippen molar-refractivity contribution >= 4 is 22.6 Å². The van der Waals surface area contributed by atoms with Gasteiger partial charge in [-0.15, -0.1) is 0 Å². The van der Waals surface area contributed by atoms with Crippen molar-refractivity contribution in [2.75, 3.05) is 13.1 Å². The standard InChI is InChI=1S/C17H17NO3/c19-16(20)11-18(10-12-8-9-12)17(21)15-7-3-5-13-4-1-2-6-14(13)15/h1-7,12H,8-11H2,(H,19,20). The lowest BCUT2D eigenvalue weighted by Crippen LogP contribution is -2.37. The predicted octanol–water partition coefficient (Wildman–Crippen LogP) is 2.78. The van der Waals surface area contributed by atoms with Crippen molar-refractivity contribution in [1.82, 2.24) is 4.90 Å². The lowest BCUT2D eigenvalue weighted by Gasteiger charge is -2.21. The Morgan fingerprint density at radius 2 is 1.81 bits per heavy atom. The van der Waals surface area contributed by atoms with Gasteiger partial charge in [-0.25, -0.2) is 0 Å². The molecule has 21 heavy (non-hydrogen) atoms. The second-order valence-electron chi connectivity index (χ2n) is 5.55. The van der Waals surface area contributed by atoms with Gasteiger partial charge in [0, 0.05) is 12.1 Å². The van der Waals surface area contributed by atoms with Crippen LogP contribution in [-0.4, -0.2) is 35.0 Å². The average molecular weight is 283 g/mol. The van der Waals surface area contributed by atoms with Crippen LogP contribution in [0.25, 0.3) is 10.8 Å². The van der Waals surface area contributed by atoms with Gasteiger partial charge in [0.2, 0.25) is 0 Å². The molecule has 0 saturated heterocycles. The minimum Gasteiger partial charge on any atom is -0.480 e. The van der Waals surface area contributed by atoms with Gasteiger partial charge in [0.15, 0.2) is 0 Å². The minimum absolute atomic E-state index is 0.193. The summed E-state index contributed by atoms with van der Waals surface area (Å²) in [6.45, 7) is 0.299.